The van der Waals surface area contributed by atoms with Crippen LogP contribution >= 0.6 is 11.6 Å². The van der Waals surface area contributed by atoms with E-state index in [4.69, 9.17) is 16.9 Å². The van der Waals surface area contributed by atoms with Crippen molar-refractivity contribution < 1.29 is 13.3 Å². The maximum absolute atomic E-state index is 12.1. The van der Waals surface area contributed by atoms with Crippen LogP contribution in [0.4, 0.5) is 5.69 Å². The Kier molecular flexibility index (Phi) is 4.83. The summed E-state index contributed by atoms with van der Waals surface area (Å²) in [4.78, 5) is 9.62. The molecule has 1 aromatic carbocycles. The molecule has 7 nitrogen and oxygen atoms in total. The third kappa shape index (κ3) is 3.41. The molecule has 0 aliphatic carbocycles. The van der Waals surface area contributed by atoms with Crippen molar-refractivity contribution in [3.05, 3.63) is 33.3 Å². The van der Waals surface area contributed by atoms with Crippen LogP contribution in [0.15, 0.2) is 23.1 Å². The van der Waals surface area contributed by atoms with Gasteiger partial charge in [-0.05, 0) is 12.1 Å². The fourth-order valence-corrected chi connectivity index (χ4v) is 2.82. The molecule has 0 amide bonds. The lowest BCUT2D eigenvalue weighted by molar-refractivity contribution is -0.387. The minimum atomic E-state index is -4.02. The topological polar surface area (TPSA) is 104 Å². The highest BCUT2D eigenvalue weighted by atomic mass is 35.5. The molecule has 1 aromatic rings. The molecule has 0 saturated carbocycles. The van der Waals surface area contributed by atoms with Crippen molar-refractivity contribution in [1.29, 1.82) is 5.26 Å². The van der Waals surface area contributed by atoms with Gasteiger partial charge in [0.15, 0.2) is 4.90 Å². The van der Waals surface area contributed by atoms with Gasteiger partial charge in [0.05, 0.1) is 11.0 Å². The summed E-state index contributed by atoms with van der Waals surface area (Å²) in [5.41, 5.74) is -0.587. The molecule has 102 valence electrons. The SMILES string of the molecule is CN(CCC#N)S(=O)(=O)c1ccc(Cl)cc1[N+](=O)[O-]. The van der Waals surface area contributed by atoms with Gasteiger partial charge in [0.1, 0.15) is 0 Å². The molecule has 9 heteroatoms. The number of hydrogen-bond donors (Lipinski definition) is 0. The summed E-state index contributed by atoms with van der Waals surface area (Å²) < 4.78 is 25.2. The van der Waals surface area contributed by atoms with Crippen LogP contribution in [0.25, 0.3) is 0 Å². The molecule has 0 N–H and O–H groups in total. The average Bonchev–Trinajstić information content (AvgIpc) is 2.35. The summed E-state index contributed by atoms with van der Waals surface area (Å²) in [6.07, 6.45) is -0.00286. The van der Waals surface area contributed by atoms with Crippen LogP contribution < -0.4 is 0 Å². The lowest BCUT2D eigenvalue weighted by atomic mass is 10.3. The number of hydrogen-bond acceptors (Lipinski definition) is 5. The first kappa shape index (κ1) is 15.4. The second-order valence-corrected chi connectivity index (χ2v) is 6.05. The van der Waals surface area contributed by atoms with Crippen LogP contribution in [0.3, 0.4) is 0 Å². The Morgan fingerprint density at radius 2 is 2.16 bits per heavy atom. The Balaban J connectivity index is 3.29. The second-order valence-electron chi connectivity index (χ2n) is 3.60. The molecule has 0 atom stereocenters. The molecule has 0 radical (unpaired) electrons. The zero-order chi connectivity index (χ0) is 14.6. The highest BCUT2D eigenvalue weighted by Gasteiger charge is 2.29. The molecule has 1 rings (SSSR count). The van der Waals surface area contributed by atoms with E-state index in [-0.39, 0.29) is 18.0 Å². The number of halogens is 1. The summed E-state index contributed by atoms with van der Waals surface area (Å²) in [6.45, 7) is -0.0430. The van der Waals surface area contributed by atoms with Gasteiger partial charge in [-0.2, -0.15) is 9.57 Å². The summed E-state index contributed by atoms with van der Waals surface area (Å²) in [7, 11) is -2.77. The standard InChI is InChI=1S/C10H10ClN3O4S/c1-13(6-2-5-12)19(17,18)10-4-3-8(11)7-9(10)14(15)16/h3-4,7H,2,6H2,1H3. The van der Waals surface area contributed by atoms with Crippen molar-refractivity contribution >= 4 is 27.3 Å². The number of sulfonamides is 1. The van der Waals surface area contributed by atoms with Crippen molar-refractivity contribution in [1.82, 2.24) is 4.31 Å². The second kappa shape index (κ2) is 5.97. The Labute approximate surface area is 115 Å². The quantitative estimate of drug-likeness (QED) is 0.609. The summed E-state index contributed by atoms with van der Waals surface area (Å²) in [5.74, 6) is 0. The van der Waals surface area contributed by atoms with Crippen molar-refractivity contribution in [3.63, 3.8) is 0 Å². The van der Waals surface area contributed by atoms with Crippen molar-refractivity contribution in [2.75, 3.05) is 13.6 Å². The van der Waals surface area contributed by atoms with E-state index in [9.17, 15) is 18.5 Å². The first-order valence-corrected chi connectivity index (χ1v) is 6.89. The van der Waals surface area contributed by atoms with Crippen molar-refractivity contribution in [2.45, 2.75) is 11.3 Å². The molecule has 0 unspecified atom stereocenters. The largest absolute Gasteiger partial charge is 0.290 e. The first-order valence-electron chi connectivity index (χ1n) is 5.08. The zero-order valence-corrected chi connectivity index (χ0v) is 11.5. The molecular weight excluding hydrogens is 294 g/mol. The van der Waals surface area contributed by atoms with Crippen LogP contribution in [0.5, 0.6) is 0 Å². The van der Waals surface area contributed by atoms with Crippen molar-refractivity contribution in [3.8, 4) is 6.07 Å². The van der Waals surface area contributed by atoms with E-state index in [1.807, 2.05) is 6.07 Å². The van der Waals surface area contributed by atoms with Gasteiger partial charge in [-0.3, -0.25) is 10.1 Å². The number of nitriles is 1. The van der Waals surface area contributed by atoms with Gasteiger partial charge in [0, 0.05) is 31.1 Å². The lowest BCUT2D eigenvalue weighted by Gasteiger charge is -2.15. The smallest absolute Gasteiger partial charge is 0.258 e. The van der Waals surface area contributed by atoms with E-state index < -0.39 is 25.5 Å². The minimum Gasteiger partial charge on any atom is -0.258 e. The van der Waals surface area contributed by atoms with Gasteiger partial charge >= 0.3 is 0 Å². The van der Waals surface area contributed by atoms with Gasteiger partial charge in [0.2, 0.25) is 10.0 Å². The van der Waals surface area contributed by atoms with Crippen LogP contribution in [-0.2, 0) is 10.0 Å². The highest BCUT2D eigenvalue weighted by Crippen LogP contribution is 2.29. The first-order chi connectivity index (χ1) is 8.80. The molecule has 0 saturated heterocycles. The van der Waals surface area contributed by atoms with Gasteiger partial charge in [-0.25, -0.2) is 8.42 Å². The van der Waals surface area contributed by atoms with Crippen LogP contribution in [0.2, 0.25) is 5.02 Å². The Bertz CT molecular complexity index is 639. The monoisotopic (exact) mass is 303 g/mol. The number of nitro benzene ring substituents is 1. The Morgan fingerprint density at radius 3 is 2.68 bits per heavy atom. The van der Waals surface area contributed by atoms with E-state index in [0.717, 1.165) is 16.4 Å². The molecule has 0 aromatic heterocycles. The fourth-order valence-electron chi connectivity index (χ4n) is 1.35. The predicted octanol–water partition coefficient (Wildman–Crippen LogP) is 1.78. The van der Waals surface area contributed by atoms with Gasteiger partial charge in [-0.15, -0.1) is 0 Å². The lowest BCUT2D eigenvalue weighted by Crippen LogP contribution is -2.28. The predicted molar refractivity (Wildman–Crippen MR) is 68.2 cm³/mol. The number of nitrogens with zero attached hydrogens (tertiary/aromatic N) is 3. The molecule has 0 spiro atoms. The highest BCUT2D eigenvalue weighted by molar-refractivity contribution is 7.89. The van der Waals surface area contributed by atoms with Crippen molar-refractivity contribution in [2.24, 2.45) is 0 Å². The van der Waals surface area contributed by atoms with Crippen LogP contribution in [0.1, 0.15) is 6.42 Å². The zero-order valence-electron chi connectivity index (χ0n) is 9.91. The maximum atomic E-state index is 12.1. The maximum Gasteiger partial charge on any atom is 0.290 e. The van der Waals surface area contributed by atoms with Gasteiger partial charge < -0.3 is 0 Å². The number of benzene rings is 1. The van der Waals surface area contributed by atoms with Crippen LogP contribution in [0, 0.1) is 21.4 Å². The molecular formula is C10H10ClN3O4S. The molecule has 0 heterocycles. The summed E-state index contributed by atoms with van der Waals surface area (Å²) >= 11 is 5.62. The molecule has 0 bridgehead atoms. The van der Waals surface area contributed by atoms with E-state index in [1.54, 1.807) is 0 Å². The Morgan fingerprint density at radius 1 is 1.53 bits per heavy atom. The van der Waals surface area contributed by atoms with E-state index in [0.29, 0.717) is 0 Å². The van der Waals surface area contributed by atoms with Gasteiger partial charge in [-0.1, -0.05) is 11.6 Å². The Hall–Kier alpha value is -1.69. The molecule has 0 aliphatic rings. The third-order valence-corrected chi connectivity index (χ3v) is 4.48. The van der Waals surface area contributed by atoms with Crippen LogP contribution in [-0.4, -0.2) is 31.2 Å². The minimum absolute atomic E-state index is 0.00286. The van der Waals surface area contributed by atoms with Gasteiger partial charge in [0.25, 0.3) is 5.69 Å². The fraction of sp³-hybridized carbons (Fsp3) is 0.300. The molecule has 0 fully saturated rings. The average molecular weight is 304 g/mol. The normalized spacial score (nSPS) is 11.3. The number of rotatable bonds is 5. The molecule has 19 heavy (non-hydrogen) atoms. The van der Waals surface area contributed by atoms with E-state index in [2.05, 4.69) is 0 Å². The summed E-state index contributed by atoms with van der Waals surface area (Å²) in [5, 5.41) is 19.4. The van der Waals surface area contributed by atoms with E-state index in [1.165, 1.54) is 13.1 Å². The third-order valence-electron chi connectivity index (χ3n) is 2.34. The number of nitro groups is 1. The van der Waals surface area contributed by atoms with E-state index >= 15 is 0 Å². The molecule has 0 aliphatic heterocycles. The summed E-state index contributed by atoms with van der Waals surface area (Å²) in [6, 6.07) is 5.13.